The second-order valence-electron chi connectivity index (χ2n) is 4.47. The van der Waals surface area contributed by atoms with Gasteiger partial charge in [-0.1, -0.05) is 0 Å². The molecule has 8 heteroatoms. The Morgan fingerprint density at radius 1 is 1.45 bits per heavy atom. The average Bonchev–Trinajstić information content (AvgIpc) is 2.39. The summed E-state index contributed by atoms with van der Waals surface area (Å²) in [6, 6.07) is 2.84. The maximum atomic E-state index is 13.2. The van der Waals surface area contributed by atoms with E-state index < -0.39 is 22.3 Å². The molecule has 0 saturated carbocycles. The van der Waals surface area contributed by atoms with Crippen LogP contribution >= 0.6 is 12.4 Å². The van der Waals surface area contributed by atoms with E-state index in [1.807, 2.05) is 0 Å². The molecule has 0 spiro atoms. The standard InChI is InChI=1S/C12H14FN3O3.ClH/c13-9-4-8(5-11(6-9)16(18)19)12(17)15-10-2-1-3-14-7-10;/h4-6,10,14H,1-3,7H2,(H,15,17);1H/t10-;/m0./s1. The van der Waals surface area contributed by atoms with Gasteiger partial charge in [-0.25, -0.2) is 4.39 Å². The molecule has 1 atom stereocenters. The van der Waals surface area contributed by atoms with Gasteiger partial charge >= 0.3 is 0 Å². The van der Waals surface area contributed by atoms with Crippen molar-refractivity contribution in [2.24, 2.45) is 0 Å². The smallest absolute Gasteiger partial charge is 0.273 e. The minimum Gasteiger partial charge on any atom is -0.348 e. The first-order chi connectivity index (χ1) is 9.06. The molecule has 0 aromatic heterocycles. The number of hydrogen-bond donors (Lipinski definition) is 2. The Bertz CT molecular complexity index is 507. The third kappa shape index (κ3) is 4.14. The Kier molecular flexibility index (Phi) is 5.84. The molecule has 2 rings (SSSR count). The number of nitro benzene ring substituents is 1. The van der Waals surface area contributed by atoms with Crippen LogP contribution in [0, 0.1) is 15.9 Å². The molecule has 1 aliphatic heterocycles. The molecule has 2 N–H and O–H groups in total. The molecule has 0 bridgehead atoms. The number of piperidine rings is 1. The van der Waals surface area contributed by atoms with Crippen LogP contribution in [0.2, 0.25) is 0 Å². The molecule has 1 aromatic rings. The minimum atomic E-state index is -0.791. The molecule has 0 unspecified atom stereocenters. The Morgan fingerprint density at radius 2 is 2.20 bits per heavy atom. The summed E-state index contributed by atoms with van der Waals surface area (Å²) >= 11 is 0. The van der Waals surface area contributed by atoms with Gasteiger partial charge < -0.3 is 10.6 Å². The fourth-order valence-corrected chi connectivity index (χ4v) is 2.05. The average molecular weight is 304 g/mol. The Morgan fingerprint density at radius 3 is 2.80 bits per heavy atom. The lowest BCUT2D eigenvalue weighted by Crippen LogP contribution is -2.45. The summed E-state index contributed by atoms with van der Waals surface area (Å²) in [5.41, 5.74) is -0.454. The number of halogens is 2. The molecule has 1 amide bonds. The monoisotopic (exact) mass is 303 g/mol. The van der Waals surface area contributed by atoms with Crippen LogP contribution in [0.15, 0.2) is 18.2 Å². The largest absolute Gasteiger partial charge is 0.348 e. The summed E-state index contributed by atoms with van der Waals surface area (Å²) in [6.07, 6.45) is 1.80. The maximum absolute atomic E-state index is 13.2. The topological polar surface area (TPSA) is 84.3 Å². The predicted octanol–water partition coefficient (Wildman–Crippen LogP) is 1.64. The van der Waals surface area contributed by atoms with E-state index >= 15 is 0 Å². The van der Waals surface area contributed by atoms with Crippen molar-refractivity contribution in [3.8, 4) is 0 Å². The van der Waals surface area contributed by atoms with E-state index in [2.05, 4.69) is 10.6 Å². The van der Waals surface area contributed by atoms with Gasteiger partial charge in [0.1, 0.15) is 5.82 Å². The molecule has 20 heavy (non-hydrogen) atoms. The summed E-state index contributed by atoms with van der Waals surface area (Å²) in [5.74, 6) is -1.28. The molecule has 6 nitrogen and oxygen atoms in total. The summed E-state index contributed by atoms with van der Waals surface area (Å²) in [6.45, 7) is 1.57. The van der Waals surface area contributed by atoms with Crippen LogP contribution in [0.4, 0.5) is 10.1 Å². The Balaban J connectivity index is 0.00000200. The maximum Gasteiger partial charge on any atom is 0.273 e. The third-order valence-electron chi connectivity index (χ3n) is 2.99. The van der Waals surface area contributed by atoms with Gasteiger partial charge in [-0.05, 0) is 25.5 Å². The van der Waals surface area contributed by atoms with E-state index in [4.69, 9.17) is 0 Å². The highest BCUT2D eigenvalue weighted by Gasteiger charge is 2.19. The van der Waals surface area contributed by atoms with Crippen LogP contribution in [-0.2, 0) is 0 Å². The van der Waals surface area contributed by atoms with E-state index in [-0.39, 0.29) is 24.0 Å². The molecule has 1 fully saturated rings. The number of nitro groups is 1. The van der Waals surface area contributed by atoms with Crippen LogP contribution in [0.25, 0.3) is 0 Å². The Labute approximate surface area is 121 Å². The molecular weight excluding hydrogens is 289 g/mol. The van der Waals surface area contributed by atoms with Gasteiger partial charge in [0.15, 0.2) is 0 Å². The van der Waals surface area contributed by atoms with Gasteiger partial charge in [0.2, 0.25) is 0 Å². The van der Waals surface area contributed by atoms with Gasteiger partial charge in [-0.2, -0.15) is 0 Å². The lowest BCUT2D eigenvalue weighted by molar-refractivity contribution is -0.385. The van der Waals surface area contributed by atoms with E-state index in [1.54, 1.807) is 0 Å². The van der Waals surface area contributed by atoms with Crippen molar-refractivity contribution in [1.29, 1.82) is 0 Å². The number of nitrogens with zero attached hydrogens (tertiary/aromatic N) is 1. The first-order valence-electron chi connectivity index (χ1n) is 6.03. The number of non-ortho nitro benzene ring substituents is 1. The van der Waals surface area contributed by atoms with Gasteiger partial charge in [0.05, 0.1) is 11.0 Å². The fraction of sp³-hybridized carbons (Fsp3) is 0.417. The van der Waals surface area contributed by atoms with Gasteiger partial charge in [0.25, 0.3) is 11.6 Å². The first kappa shape index (κ1) is 16.3. The van der Waals surface area contributed by atoms with E-state index in [0.717, 1.165) is 37.6 Å². The fourth-order valence-electron chi connectivity index (χ4n) is 2.05. The van der Waals surface area contributed by atoms with Crippen molar-refractivity contribution >= 4 is 24.0 Å². The second kappa shape index (κ2) is 7.16. The molecular formula is C12H15ClFN3O3. The normalized spacial score (nSPS) is 17.9. The molecule has 1 heterocycles. The molecule has 0 aliphatic carbocycles. The minimum absolute atomic E-state index is 0. The quantitative estimate of drug-likeness (QED) is 0.657. The van der Waals surface area contributed by atoms with E-state index in [9.17, 15) is 19.3 Å². The third-order valence-corrected chi connectivity index (χ3v) is 2.99. The van der Waals surface area contributed by atoms with Gasteiger partial charge in [-0.3, -0.25) is 14.9 Å². The number of hydrogen-bond acceptors (Lipinski definition) is 4. The van der Waals surface area contributed by atoms with Crippen molar-refractivity contribution in [3.63, 3.8) is 0 Å². The molecule has 0 radical (unpaired) electrons. The van der Waals surface area contributed by atoms with Crippen LogP contribution in [0.5, 0.6) is 0 Å². The number of rotatable bonds is 3. The molecule has 1 aliphatic rings. The van der Waals surface area contributed by atoms with Gasteiger partial charge in [-0.15, -0.1) is 12.4 Å². The lowest BCUT2D eigenvalue weighted by atomic mass is 10.1. The van der Waals surface area contributed by atoms with E-state index in [1.165, 1.54) is 0 Å². The molecule has 1 aromatic carbocycles. The van der Waals surface area contributed by atoms with Crippen molar-refractivity contribution in [2.75, 3.05) is 13.1 Å². The van der Waals surface area contributed by atoms with Crippen molar-refractivity contribution in [1.82, 2.24) is 10.6 Å². The molecule has 110 valence electrons. The summed E-state index contributed by atoms with van der Waals surface area (Å²) in [7, 11) is 0. The number of benzene rings is 1. The highest BCUT2D eigenvalue weighted by molar-refractivity contribution is 5.95. The lowest BCUT2D eigenvalue weighted by Gasteiger charge is -2.23. The zero-order chi connectivity index (χ0) is 13.8. The van der Waals surface area contributed by atoms with Crippen LogP contribution in [-0.4, -0.2) is 30.0 Å². The summed E-state index contributed by atoms with van der Waals surface area (Å²) in [4.78, 5) is 21.8. The number of nitrogens with one attached hydrogen (secondary N) is 2. The number of carbonyl (C=O) groups is 1. The zero-order valence-corrected chi connectivity index (χ0v) is 11.4. The van der Waals surface area contributed by atoms with Crippen molar-refractivity contribution < 1.29 is 14.1 Å². The Hall–Kier alpha value is -1.73. The highest BCUT2D eigenvalue weighted by Crippen LogP contribution is 2.16. The predicted molar refractivity (Wildman–Crippen MR) is 73.7 cm³/mol. The zero-order valence-electron chi connectivity index (χ0n) is 10.6. The summed E-state index contributed by atoms with van der Waals surface area (Å²) < 4.78 is 13.2. The summed E-state index contributed by atoms with van der Waals surface area (Å²) in [5, 5.41) is 16.5. The first-order valence-corrected chi connectivity index (χ1v) is 6.03. The van der Waals surface area contributed by atoms with Crippen molar-refractivity contribution in [2.45, 2.75) is 18.9 Å². The van der Waals surface area contributed by atoms with Gasteiger partial charge in [0, 0.05) is 24.2 Å². The highest BCUT2D eigenvalue weighted by atomic mass is 35.5. The van der Waals surface area contributed by atoms with Crippen molar-refractivity contribution in [3.05, 3.63) is 39.7 Å². The van der Waals surface area contributed by atoms with Crippen LogP contribution in [0.1, 0.15) is 23.2 Å². The number of amides is 1. The SMILES string of the molecule is Cl.O=C(N[C@H]1CCCNC1)c1cc(F)cc([N+](=O)[O-])c1. The number of carbonyl (C=O) groups excluding carboxylic acids is 1. The molecule has 1 saturated heterocycles. The van der Waals surface area contributed by atoms with E-state index in [0.29, 0.717) is 6.54 Å². The van der Waals surface area contributed by atoms with Crippen LogP contribution < -0.4 is 10.6 Å². The van der Waals surface area contributed by atoms with Crippen LogP contribution in [0.3, 0.4) is 0 Å². The second-order valence-corrected chi connectivity index (χ2v) is 4.47.